The SMILES string of the molecule is CC(C)c1cc(C(=O)N2Cc3ccc(OC4CCN(CC5CCNCC5)CC4)cc3C2)c(O)cc1O. The number of rotatable bonds is 6. The topological polar surface area (TPSA) is 85.3 Å². The van der Waals surface area contributed by atoms with Crippen LogP contribution in [0.3, 0.4) is 0 Å². The molecule has 3 heterocycles. The quantitative estimate of drug-likeness (QED) is 0.559. The van der Waals surface area contributed by atoms with E-state index in [-0.39, 0.29) is 35.0 Å². The molecule has 5 rings (SSSR count). The molecule has 3 aliphatic rings. The van der Waals surface area contributed by atoms with Crippen LogP contribution in [0, 0.1) is 5.92 Å². The van der Waals surface area contributed by atoms with Crippen molar-refractivity contribution in [3.63, 3.8) is 0 Å². The number of nitrogens with one attached hydrogen (secondary N) is 1. The van der Waals surface area contributed by atoms with Gasteiger partial charge in [-0.05, 0) is 85.5 Å². The van der Waals surface area contributed by atoms with Crippen molar-refractivity contribution >= 4 is 5.91 Å². The van der Waals surface area contributed by atoms with Crippen molar-refractivity contribution in [3.8, 4) is 17.2 Å². The Morgan fingerprint density at radius 1 is 1.00 bits per heavy atom. The number of fused-ring (bicyclic) bond motifs is 1. The minimum atomic E-state index is -0.228. The number of phenolic OH excluding ortho intramolecular Hbond substituents is 2. The van der Waals surface area contributed by atoms with Gasteiger partial charge in [-0.25, -0.2) is 0 Å². The molecule has 2 fully saturated rings. The van der Waals surface area contributed by atoms with Gasteiger partial charge in [-0.2, -0.15) is 0 Å². The Hall–Kier alpha value is -2.77. The van der Waals surface area contributed by atoms with Crippen LogP contribution in [0.25, 0.3) is 0 Å². The molecule has 3 aliphatic heterocycles. The predicted molar refractivity (Wildman–Crippen MR) is 140 cm³/mol. The van der Waals surface area contributed by atoms with Crippen LogP contribution in [-0.2, 0) is 13.1 Å². The number of piperidine rings is 2. The fourth-order valence-corrected chi connectivity index (χ4v) is 5.82. The second-order valence-corrected chi connectivity index (χ2v) is 11.0. The number of likely N-dealkylation sites (tertiary alicyclic amines) is 1. The highest BCUT2D eigenvalue weighted by Gasteiger charge is 2.28. The molecule has 0 radical (unpaired) electrons. The Morgan fingerprint density at radius 2 is 1.72 bits per heavy atom. The third kappa shape index (κ3) is 5.47. The maximum atomic E-state index is 13.2. The lowest BCUT2D eigenvalue weighted by molar-refractivity contribution is 0.0747. The largest absolute Gasteiger partial charge is 0.508 e. The van der Waals surface area contributed by atoms with Gasteiger partial charge in [0.15, 0.2) is 0 Å². The molecule has 0 aromatic heterocycles. The zero-order valence-electron chi connectivity index (χ0n) is 21.5. The van der Waals surface area contributed by atoms with Crippen LogP contribution in [-0.4, -0.2) is 64.7 Å². The van der Waals surface area contributed by atoms with Crippen molar-refractivity contribution in [2.75, 3.05) is 32.7 Å². The maximum absolute atomic E-state index is 13.2. The summed E-state index contributed by atoms with van der Waals surface area (Å²) in [6, 6.07) is 9.03. The van der Waals surface area contributed by atoms with Crippen LogP contribution in [0.5, 0.6) is 17.2 Å². The summed E-state index contributed by atoms with van der Waals surface area (Å²) in [5, 5.41) is 23.9. The van der Waals surface area contributed by atoms with Gasteiger partial charge in [0, 0.05) is 38.8 Å². The van der Waals surface area contributed by atoms with Gasteiger partial charge in [-0.3, -0.25) is 4.79 Å². The molecule has 0 atom stereocenters. The molecule has 0 aliphatic carbocycles. The third-order valence-corrected chi connectivity index (χ3v) is 8.00. The lowest BCUT2D eigenvalue weighted by Crippen LogP contribution is -2.42. The van der Waals surface area contributed by atoms with Crippen LogP contribution in [0.1, 0.15) is 72.5 Å². The molecule has 2 aromatic carbocycles. The van der Waals surface area contributed by atoms with E-state index in [0.717, 1.165) is 61.8 Å². The number of aromatic hydroxyl groups is 2. The average molecular weight is 494 g/mol. The number of phenols is 2. The summed E-state index contributed by atoms with van der Waals surface area (Å²) in [4.78, 5) is 17.6. The van der Waals surface area contributed by atoms with Crippen molar-refractivity contribution in [3.05, 3.63) is 52.6 Å². The number of carbonyl (C=O) groups is 1. The monoisotopic (exact) mass is 493 g/mol. The number of benzene rings is 2. The van der Waals surface area contributed by atoms with Crippen LogP contribution in [0.4, 0.5) is 0 Å². The average Bonchev–Trinajstić information content (AvgIpc) is 3.29. The molecule has 0 unspecified atom stereocenters. The van der Waals surface area contributed by atoms with Gasteiger partial charge in [-0.1, -0.05) is 19.9 Å². The molecule has 0 saturated carbocycles. The first-order valence-electron chi connectivity index (χ1n) is 13.4. The van der Waals surface area contributed by atoms with Crippen LogP contribution in [0.15, 0.2) is 30.3 Å². The summed E-state index contributed by atoms with van der Waals surface area (Å²) in [5.41, 5.74) is 3.09. The number of carbonyl (C=O) groups excluding carboxylic acids is 1. The summed E-state index contributed by atoms with van der Waals surface area (Å²) >= 11 is 0. The van der Waals surface area contributed by atoms with E-state index in [9.17, 15) is 15.0 Å². The second kappa shape index (κ2) is 10.7. The number of amides is 1. The zero-order valence-corrected chi connectivity index (χ0v) is 21.5. The zero-order chi connectivity index (χ0) is 25.2. The van der Waals surface area contributed by atoms with Gasteiger partial charge in [0.05, 0.1) is 5.56 Å². The van der Waals surface area contributed by atoms with Gasteiger partial charge in [0.25, 0.3) is 5.91 Å². The fraction of sp³-hybridized carbons (Fsp3) is 0.552. The first kappa shape index (κ1) is 24.9. The van der Waals surface area contributed by atoms with Crippen molar-refractivity contribution < 1.29 is 19.7 Å². The van der Waals surface area contributed by atoms with Crippen molar-refractivity contribution in [2.45, 2.75) is 64.6 Å². The summed E-state index contributed by atoms with van der Waals surface area (Å²) in [6.45, 7) is 10.6. The molecule has 0 spiro atoms. The van der Waals surface area contributed by atoms with E-state index in [1.54, 1.807) is 11.0 Å². The lowest BCUT2D eigenvalue weighted by Gasteiger charge is -2.35. The Kier molecular flexibility index (Phi) is 7.39. The van der Waals surface area contributed by atoms with Gasteiger partial charge in [0.2, 0.25) is 0 Å². The highest BCUT2D eigenvalue weighted by atomic mass is 16.5. The third-order valence-electron chi connectivity index (χ3n) is 8.00. The number of hydrogen-bond acceptors (Lipinski definition) is 6. The number of nitrogens with zero attached hydrogens (tertiary/aromatic N) is 2. The minimum absolute atomic E-state index is 0.0164. The van der Waals surface area contributed by atoms with Gasteiger partial charge in [0.1, 0.15) is 23.4 Å². The summed E-state index contributed by atoms with van der Waals surface area (Å²) < 4.78 is 6.37. The first-order valence-corrected chi connectivity index (χ1v) is 13.4. The maximum Gasteiger partial charge on any atom is 0.258 e. The second-order valence-electron chi connectivity index (χ2n) is 11.0. The summed E-state index contributed by atoms with van der Waals surface area (Å²) in [7, 11) is 0. The highest BCUT2D eigenvalue weighted by molar-refractivity contribution is 5.97. The fourth-order valence-electron chi connectivity index (χ4n) is 5.82. The molecular formula is C29H39N3O4. The smallest absolute Gasteiger partial charge is 0.258 e. The lowest BCUT2D eigenvalue weighted by atomic mass is 9.96. The highest BCUT2D eigenvalue weighted by Crippen LogP contribution is 2.35. The number of ether oxygens (including phenoxy) is 1. The Morgan fingerprint density at radius 3 is 2.44 bits per heavy atom. The summed E-state index contributed by atoms with van der Waals surface area (Å²) in [5.74, 6) is 1.34. The number of hydrogen-bond donors (Lipinski definition) is 3. The molecule has 2 saturated heterocycles. The summed E-state index contributed by atoms with van der Waals surface area (Å²) in [6.07, 6.45) is 4.90. The van der Waals surface area contributed by atoms with Crippen LogP contribution < -0.4 is 10.1 Å². The van der Waals surface area contributed by atoms with E-state index in [4.69, 9.17) is 4.74 Å². The predicted octanol–water partition coefficient (Wildman–Crippen LogP) is 4.22. The van der Waals surface area contributed by atoms with Crippen molar-refractivity contribution in [2.24, 2.45) is 5.92 Å². The Balaban J connectivity index is 1.17. The molecule has 36 heavy (non-hydrogen) atoms. The molecule has 3 N–H and O–H groups in total. The Bertz CT molecular complexity index is 1090. The minimum Gasteiger partial charge on any atom is -0.508 e. The van der Waals surface area contributed by atoms with Crippen LogP contribution in [0.2, 0.25) is 0 Å². The van der Waals surface area contributed by atoms with E-state index in [1.807, 2.05) is 19.9 Å². The van der Waals surface area contributed by atoms with E-state index in [1.165, 1.54) is 25.5 Å². The molecule has 1 amide bonds. The van der Waals surface area contributed by atoms with Crippen molar-refractivity contribution in [1.29, 1.82) is 0 Å². The molecular weight excluding hydrogens is 454 g/mol. The molecule has 7 heteroatoms. The van der Waals surface area contributed by atoms with E-state index < -0.39 is 0 Å². The molecule has 194 valence electrons. The van der Waals surface area contributed by atoms with Crippen LogP contribution >= 0.6 is 0 Å². The first-order chi connectivity index (χ1) is 17.4. The van der Waals surface area contributed by atoms with E-state index >= 15 is 0 Å². The standard InChI is InChI=1S/C29H39N3O4/c1-19(2)25-14-26(28(34)15-27(25)33)29(35)32-17-21-3-4-24(13-22(21)18-32)36-23-7-11-31(12-8-23)16-20-5-9-30-10-6-20/h3-4,13-15,19-20,23,30,33-34H,5-12,16-18H2,1-2H3. The van der Waals surface area contributed by atoms with E-state index in [2.05, 4.69) is 22.3 Å². The normalized spacial score (nSPS) is 19.6. The van der Waals surface area contributed by atoms with E-state index in [0.29, 0.717) is 18.7 Å². The van der Waals surface area contributed by atoms with Gasteiger partial charge >= 0.3 is 0 Å². The molecule has 0 bridgehead atoms. The van der Waals surface area contributed by atoms with Gasteiger partial charge < -0.3 is 30.1 Å². The molecule has 2 aromatic rings. The van der Waals surface area contributed by atoms with Gasteiger partial charge in [-0.15, -0.1) is 0 Å². The molecule has 7 nitrogen and oxygen atoms in total. The Labute approximate surface area is 214 Å². The van der Waals surface area contributed by atoms with Crippen molar-refractivity contribution in [1.82, 2.24) is 15.1 Å².